The topological polar surface area (TPSA) is 50.2 Å². The van der Waals surface area contributed by atoms with Gasteiger partial charge in [-0.1, -0.05) is 0 Å². The number of nitrogens with one attached hydrogen (secondary N) is 1. The summed E-state index contributed by atoms with van der Waals surface area (Å²) < 4.78 is 15.3. The van der Waals surface area contributed by atoms with Gasteiger partial charge in [-0.3, -0.25) is 4.90 Å². The molecule has 3 rings (SSSR count). The Morgan fingerprint density at radius 1 is 1.41 bits per heavy atom. The highest BCUT2D eigenvalue weighted by Gasteiger charge is 2.22. The predicted octanol–water partition coefficient (Wildman–Crippen LogP) is 2.57. The molecule has 1 aliphatic rings. The van der Waals surface area contributed by atoms with Crippen LogP contribution in [0.4, 0.5) is 14.9 Å². The Bertz CT molecular complexity index is 642. The van der Waals surface area contributed by atoms with E-state index in [9.17, 15) is 9.18 Å². The molecule has 0 bridgehead atoms. The highest BCUT2D eigenvalue weighted by atomic mass is 19.1. The Labute approximate surface area is 128 Å². The van der Waals surface area contributed by atoms with Gasteiger partial charge in [-0.2, -0.15) is 0 Å². The van der Waals surface area contributed by atoms with Gasteiger partial charge in [-0.05, 0) is 43.0 Å². The van der Waals surface area contributed by atoms with Gasteiger partial charge in [-0.15, -0.1) is 0 Å². The number of urea groups is 1. The van der Waals surface area contributed by atoms with E-state index in [0.29, 0.717) is 13.1 Å². The fourth-order valence-corrected chi connectivity index (χ4v) is 2.75. The summed E-state index contributed by atoms with van der Waals surface area (Å²) >= 11 is 0. The quantitative estimate of drug-likeness (QED) is 0.883. The van der Waals surface area contributed by atoms with Crippen LogP contribution in [0.15, 0.2) is 36.9 Å². The maximum atomic E-state index is 13.3. The number of rotatable bonds is 4. The zero-order valence-electron chi connectivity index (χ0n) is 12.3. The van der Waals surface area contributed by atoms with Gasteiger partial charge in [0.1, 0.15) is 5.82 Å². The number of anilines is 1. The van der Waals surface area contributed by atoms with Gasteiger partial charge in [-0.25, -0.2) is 14.2 Å². The lowest BCUT2D eigenvalue weighted by molar-refractivity contribution is 0.245. The molecule has 0 radical (unpaired) electrons. The summed E-state index contributed by atoms with van der Waals surface area (Å²) in [5.41, 5.74) is 1.72. The third-order valence-corrected chi connectivity index (χ3v) is 3.83. The molecule has 1 aromatic heterocycles. The van der Waals surface area contributed by atoms with Crippen LogP contribution in [0, 0.1) is 5.82 Å². The number of aromatic nitrogens is 2. The van der Waals surface area contributed by atoms with Crippen LogP contribution in [0.3, 0.4) is 0 Å². The van der Waals surface area contributed by atoms with E-state index in [1.807, 2.05) is 10.8 Å². The van der Waals surface area contributed by atoms with Crippen LogP contribution in [-0.2, 0) is 13.0 Å². The Morgan fingerprint density at radius 3 is 3.14 bits per heavy atom. The largest absolute Gasteiger partial charge is 0.338 e. The van der Waals surface area contributed by atoms with Crippen molar-refractivity contribution < 1.29 is 9.18 Å². The molecule has 1 aromatic carbocycles. The molecule has 6 heteroatoms. The lowest BCUT2D eigenvalue weighted by Gasteiger charge is -2.29. The second kappa shape index (κ2) is 6.60. The molecule has 0 aliphatic carbocycles. The van der Waals surface area contributed by atoms with Crippen molar-refractivity contribution in [3.8, 4) is 0 Å². The van der Waals surface area contributed by atoms with E-state index in [-0.39, 0.29) is 11.8 Å². The molecule has 0 atom stereocenters. The number of amides is 2. The molecule has 22 heavy (non-hydrogen) atoms. The van der Waals surface area contributed by atoms with Crippen molar-refractivity contribution in [2.75, 3.05) is 18.0 Å². The van der Waals surface area contributed by atoms with Gasteiger partial charge in [0.2, 0.25) is 0 Å². The zero-order chi connectivity index (χ0) is 15.4. The second-order valence-electron chi connectivity index (χ2n) is 5.41. The SMILES string of the molecule is O=C(NCCCn1ccnc1)N1CCCc2cc(F)ccc21. The molecule has 0 spiro atoms. The minimum Gasteiger partial charge on any atom is -0.338 e. The molecular weight excluding hydrogens is 283 g/mol. The number of benzene rings is 1. The van der Waals surface area contributed by atoms with Gasteiger partial charge >= 0.3 is 6.03 Å². The maximum absolute atomic E-state index is 13.3. The number of carbonyl (C=O) groups excluding carboxylic acids is 1. The number of hydrogen-bond donors (Lipinski definition) is 1. The molecule has 0 unspecified atom stereocenters. The van der Waals surface area contributed by atoms with Crippen LogP contribution in [0.2, 0.25) is 0 Å². The summed E-state index contributed by atoms with van der Waals surface area (Å²) in [5.74, 6) is -0.249. The number of fused-ring (bicyclic) bond motifs is 1. The molecule has 0 saturated carbocycles. The summed E-state index contributed by atoms with van der Waals surface area (Å²) in [5, 5.41) is 2.93. The van der Waals surface area contributed by atoms with E-state index < -0.39 is 0 Å². The highest BCUT2D eigenvalue weighted by molar-refractivity contribution is 5.93. The van der Waals surface area contributed by atoms with Crippen LogP contribution in [0.5, 0.6) is 0 Å². The average Bonchev–Trinajstić information content (AvgIpc) is 3.03. The van der Waals surface area contributed by atoms with E-state index in [2.05, 4.69) is 10.3 Å². The van der Waals surface area contributed by atoms with Crippen LogP contribution in [0.25, 0.3) is 0 Å². The van der Waals surface area contributed by atoms with Crippen LogP contribution in [-0.4, -0.2) is 28.7 Å². The van der Waals surface area contributed by atoms with Crippen LogP contribution in [0.1, 0.15) is 18.4 Å². The Hall–Kier alpha value is -2.37. The predicted molar refractivity (Wildman–Crippen MR) is 82.3 cm³/mol. The first-order valence-electron chi connectivity index (χ1n) is 7.53. The lowest BCUT2D eigenvalue weighted by Crippen LogP contribution is -2.43. The molecule has 2 amide bonds. The van der Waals surface area contributed by atoms with Gasteiger partial charge in [0.05, 0.1) is 6.33 Å². The normalized spacial score (nSPS) is 13.8. The Kier molecular flexibility index (Phi) is 4.37. The molecule has 2 aromatic rings. The van der Waals surface area contributed by atoms with E-state index in [1.165, 1.54) is 12.1 Å². The van der Waals surface area contributed by atoms with Gasteiger partial charge < -0.3 is 9.88 Å². The molecule has 116 valence electrons. The van der Waals surface area contributed by atoms with Crippen molar-refractivity contribution in [3.63, 3.8) is 0 Å². The van der Waals surface area contributed by atoms with Crippen molar-refractivity contribution in [2.45, 2.75) is 25.8 Å². The van der Waals surface area contributed by atoms with Crippen molar-refractivity contribution in [1.29, 1.82) is 0 Å². The monoisotopic (exact) mass is 302 g/mol. The number of nitrogens with zero attached hydrogens (tertiary/aromatic N) is 3. The minimum absolute atomic E-state index is 0.113. The highest BCUT2D eigenvalue weighted by Crippen LogP contribution is 2.27. The van der Waals surface area contributed by atoms with Crippen molar-refractivity contribution in [2.24, 2.45) is 0 Å². The second-order valence-corrected chi connectivity index (χ2v) is 5.41. The molecule has 5 nitrogen and oxygen atoms in total. The third kappa shape index (κ3) is 3.27. The van der Waals surface area contributed by atoms with Crippen LogP contribution < -0.4 is 10.2 Å². The summed E-state index contributed by atoms with van der Waals surface area (Å²) in [6, 6.07) is 4.50. The van der Waals surface area contributed by atoms with Gasteiger partial charge in [0.25, 0.3) is 0 Å². The molecule has 1 aliphatic heterocycles. The van der Waals surface area contributed by atoms with E-state index >= 15 is 0 Å². The van der Waals surface area contributed by atoms with Crippen molar-refractivity contribution in [1.82, 2.24) is 14.9 Å². The zero-order valence-corrected chi connectivity index (χ0v) is 12.3. The number of hydrogen-bond acceptors (Lipinski definition) is 2. The summed E-state index contributed by atoms with van der Waals surface area (Å²) in [6.07, 6.45) is 7.92. The fourth-order valence-electron chi connectivity index (χ4n) is 2.75. The van der Waals surface area contributed by atoms with Crippen LogP contribution >= 0.6 is 0 Å². The van der Waals surface area contributed by atoms with E-state index in [1.54, 1.807) is 23.5 Å². The number of halogens is 1. The summed E-state index contributed by atoms with van der Waals surface area (Å²) in [6.45, 7) is 2.10. The molecular formula is C16H19FN4O. The standard InChI is InChI=1S/C16H19FN4O/c17-14-4-5-15-13(11-14)3-1-9-21(15)16(22)19-6-2-8-20-10-7-18-12-20/h4-5,7,10-12H,1-3,6,8-9H2,(H,19,22). The molecule has 0 saturated heterocycles. The third-order valence-electron chi connectivity index (χ3n) is 3.83. The number of aryl methyl sites for hydroxylation is 2. The van der Waals surface area contributed by atoms with Crippen molar-refractivity contribution >= 4 is 11.7 Å². The Morgan fingerprint density at radius 2 is 2.32 bits per heavy atom. The molecule has 0 fully saturated rings. The maximum Gasteiger partial charge on any atom is 0.321 e. The van der Waals surface area contributed by atoms with Gasteiger partial charge in [0.15, 0.2) is 0 Å². The van der Waals surface area contributed by atoms with E-state index in [4.69, 9.17) is 0 Å². The van der Waals surface area contributed by atoms with Gasteiger partial charge in [0, 0.05) is 37.7 Å². The lowest BCUT2D eigenvalue weighted by atomic mass is 10.0. The summed E-state index contributed by atoms with van der Waals surface area (Å²) in [7, 11) is 0. The number of imidazole rings is 1. The smallest absolute Gasteiger partial charge is 0.321 e. The first kappa shape index (κ1) is 14.6. The number of carbonyl (C=O) groups is 1. The minimum atomic E-state index is -0.249. The van der Waals surface area contributed by atoms with Crippen molar-refractivity contribution in [3.05, 3.63) is 48.3 Å². The average molecular weight is 302 g/mol. The first-order chi connectivity index (χ1) is 10.7. The first-order valence-corrected chi connectivity index (χ1v) is 7.53. The Balaban J connectivity index is 1.55. The molecule has 1 N–H and O–H groups in total. The molecule has 2 heterocycles. The van der Waals surface area contributed by atoms with E-state index in [0.717, 1.165) is 37.1 Å². The fraction of sp³-hybridized carbons (Fsp3) is 0.375. The summed E-state index contributed by atoms with van der Waals surface area (Å²) in [4.78, 5) is 18.0.